The van der Waals surface area contributed by atoms with Crippen molar-refractivity contribution in [2.45, 2.75) is 18.6 Å². The molecular formula is C14H20N2O4. The van der Waals surface area contributed by atoms with Crippen LogP contribution in [-0.4, -0.2) is 59.5 Å². The molecule has 20 heavy (non-hydrogen) atoms. The monoisotopic (exact) mass is 280 g/mol. The zero-order chi connectivity index (χ0) is 14.5. The first-order valence-electron chi connectivity index (χ1n) is 6.65. The van der Waals surface area contributed by atoms with Crippen LogP contribution >= 0.6 is 0 Å². The lowest BCUT2D eigenvalue weighted by Gasteiger charge is -2.33. The van der Waals surface area contributed by atoms with E-state index < -0.39 is 6.04 Å². The van der Waals surface area contributed by atoms with Crippen LogP contribution in [0, 0.1) is 0 Å². The van der Waals surface area contributed by atoms with Gasteiger partial charge in [0.15, 0.2) is 0 Å². The summed E-state index contributed by atoms with van der Waals surface area (Å²) in [6.07, 6.45) is 0.0915. The van der Waals surface area contributed by atoms with Gasteiger partial charge >= 0.3 is 0 Å². The fourth-order valence-electron chi connectivity index (χ4n) is 2.24. The van der Waals surface area contributed by atoms with E-state index in [9.17, 15) is 9.90 Å². The Morgan fingerprint density at radius 3 is 2.80 bits per heavy atom. The third kappa shape index (κ3) is 3.69. The molecule has 1 amide bonds. The van der Waals surface area contributed by atoms with Crippen LogP contribution in [0.2, 0.25) is 0 Å². The first-order valence-corrected chi connectivity index (χ1v) is 6.65. The Morgan fingerprint density at radius 2 is 2.15 bits per heavy atom. The summed E-state index contributed by atoms with van der Waals surface area (Å²) in [6.45, 7) is 1.19. The van der Waals surface area contributed by atoms with E-state index in [4.69, 9.17) is 15.6 Å². The van der Waals surface area contributed by atoms with Crippen molar-refractivity contribution >= 4 is 5.91 Å². The van der Waals surface area contributed by atoms with Crippen molar-refractivity contribution in [1.29, 1.82) is 0 Å². The number of carbonyl (C=O) groups is 1. The molecule has 0 spiro atoms. The van der Waals surface area contributed by atoms with Crippen LogP contribution in [0.3, 0.4) is 0 Å². The van der Waals surface area contributed by atoms with E-state index in [1.54, 1.807) is 29.2 Å². The van der Waals surface area contributed by atoms with Crippen molar-refractivity contribution in [3.05, 3.63) is 29.8 Å². The minimum atomic E-state index is -0.628. The van der Waals surface area contributed by atoms with Crippen molar-refractivity contribution in [3.8, 4) is 5.75 Å². The van der Waals surface area contributed by atoms with E-state index in [0.717, 1.165) is 5.56 Å². The fraction of sp³-hybridized carbons (Fsp3) is 0.500. The molecule has 1 aliphatic rings. The minimum Gasteiger partial charge on any atom is -0.508 e. The van der Waals surface area contributed by atoms with E-state index in [1.165, 1.54) is 0 Å². The molecule has 1 aliphatic heterocycles. The molecule has 1 aromatic carbocycles. The molecule has 110 valence electrons. The van der Waals surface area contributed by atoms with Gasteiger partial charge in [0.2, 0.25) is 5.91 Å². The van der Waals surface area contributed by atoms with Gasteiger partial charge in [-0.2, -0.15) is 0 Å². The topological polar surface area (TPSA) is 96.0 Å². The standard InChI is InChI=1S/C14H20N2O4/c15-13(7-10-1-3-11(18)4-2-10)14(19)16-5-6-20-12(8-16)9-17/h1-4,12-13,17-18H,5-9,15H2. The Hall–Kier alpha value is -1.63. The second-order valence-corrected chi connectivity index (χ2v) is 4.94. The number of nitrogens with two attached hydrogens (primary N) is 1. The molecule has 1 heterocycles. The molecule has 6 nitrogen and oxygen atoms in total. The third-order valence-electron chi connectivity index (χ3n) is 3.36. The van der Waals surface area contributed by atoms with Gasteiger partial charge in [-0.15, -0.1) is 0 Å². The molecule has 1 aromatic rings. The summed E-state index contributed by atoms with van der Waals surface area (Å²) in [5, 5.41) is 18.3. The van der Waals surface area contributed by atoms with E-state index in [0.29, 0.717) is 26.1 Å². The molecule has 0 saturated carbocycles. The van der Waals surface area contributed by atoms with Gasteiger partial charge < -0.3 is 25.6 Å². The number of rotatable bonds is 4. The molecular weight excluding hydrogens is 260 g/mol. The average molecular weight is 280 g/mol. The first kappa shape index (κ1) is 14.8. The number of aromatic hydroxyl groups is 1. The summed E-state index contributed by atoms with van der Waals surface area (Å²) in [6, 6.07) is 6.01. The number of phenols is 1. The molecule has 0 aliphatic carbocycles. The number of hydrogen-bond donors (Lipinski definition) is 3. The predicted octanol–water partition coefficient (Wildman–Crippen LogP) is -0.518. The molecule has 2 rings (SSSR count). The van der Waals surface area contributed by atoms with E-state index in [1.807, 2.05) is 0 Å². The molecule has 0 radical (unpaired) electrons. The summed E-state index contributed by atoms with van der Waals surface area (Å²) < 4.78 is 5.31. The number of amides is 1. The smallest absolute Gasteiger partial charge is 0.239 e. The number of hydrogen-bond acceptors (Lipinski definition) is 5. The number of morpholine rings is 1. The lowest BCUT2D eigenvalue weighted by molar-refractivity contribution is -0.141. The molecule has 1 fully saturated rings. The first-order chi connectivity index (χ1) is 9.60. The maximum atomic E-state index is 12.2. The van der Waals surface area contributed by atoms with Gasteiger partial charge in [-0.25, -0.2) is 0 Å². The largest absolute Gasteiger partial charge is 0.508 e. The van der Waals surface area contributed by atoms with Gasteiger partial charge in [0.05, 0.1) is 25.4 Å². The van der Waals surface area contributed by atoms with Crippen molar-refractivity contribution in [2.75, 3.05) is 26.3 Å². The number of benzene rings is 1. The van der Waals surface area contributed by atoms with Crippen LogP contribution in [0.5, 0.6) is 5.75 Å². The molecule has 1 saturated heterocycles. The second-order valence-electron chi connectivity index (χ2n) is 4.94. The Bertz CT molecular complexity index is 449. The quantitative estimate of drug-likeness (QED) is 0.690. The zero-order valence-corrected chi connectivity index (χ0v) is 11.2. The highest BCUT2D eigenvalue weighted by molar-refractivity contribution is 5.82. The van der Waals surface area contributed by atoms with Crippen LogP contribution in [0.1, 0.15) is 5.56 Å². The lowest BCUT2D eigenvalue weighted by Crippen LogP contribution is -2.52. The Balaban J connectivity index is 1.92. The number of nitrogens with zero attached hydrogens (tertiary/aromatic N) is 1. The summed E-state index contributed by atoms with van der Waals surface area (Å²) >= 11 is 0. The minimum absolute atomic E-state index is 0.100. The average Bonchev–Trinajstić information content (AvgIpc) is 2.48. The number of phenolic OH excluding ortho intramolecular Hbond substituents is 1. The summed E-state index contributed by atoms with van der Waals surface area (Å²) in [4.78, 5) is 13.9. The lowest BCUT2D eigenvalue weighted by atomic mass is 10.0. The highest BCUT2D eigenvalue weighted by Gasteiger charge is 2.27. The maximum absolute atomic E-state index is 12.2. The number of aliphatic hydroxyl groups is 1. The SMILES string of the molecule is NC(Cc1ccc(O)cc1)C(=O)N1CCOC(CO)C1. The van der Waals surface area contributed by atoms with Gasteiger partial charge in [-0.3, -0.25) is 4.79 Å². The van der Waals surface area contributed by atoms with Crippen LogP contribution in [0.25, 0.3) is 0 Å². The fourth-order valence-corrected chi connectivity index (χ4v) is 2.24. The molecule has 2 atom stereocenters. The number of aliphatic hydroxyl groups excluding tert-OH is 1. The molecule has 0 bridgehead atoms. The van der Waals surface area contributed by atoms with Crippen LogP contribution < -0.4 is 5.73 Å². The van der Waals surface area contributed by atoms with Gasteiger partial charge in [0.25, 0.3) is 0 Å². The number of carbonyl (C=O) groups excluding carboxylic acids is 1. The molecule has 2 unspecified atom stereocenters. The van der Waals surface area contributed by atoms with Gasteiger partial charge in [0, 0.05) is 13.1 Å². The second kappa shape index (κ2) is 6.69. The van der Waals surface area contributed by atoms with Crippen molar-refractivity contribution in [1.82, 2.24) is 4.90 Å². The third-order valence-corrected chi connectivity index (χ3v) is 3.36. The molecule has 4 N–H and O–H groups in total. The van der Waals surface area contributed by atoms with Gasteiger partial charge in [-0.1, -0.05) is 12.1 Å². The van der Waals surface area contributed by atoms with E-state index >= 15 is 0 Å². The Labute approximate surface area is 117 Å². The molecule has 0 aromatic heterocycles. The van der Waals surface area contributed by atoms with Crippen LogP contribution in [-0.2, 0) is 16.0 Å². The van der Waals surface area contributed by atoms with Crippen LogP contribution in [0.15, 0.2) is 24.3 Å². The summed E-state index contributed by atoms with van der Waals surface area (Å²) in [5.74, 6) is 0.0486. The van der Waals surface area contributed by atoms with Gasteiger partial charge in [0.1, 0.15) is 5.75 Å². The Kier molecular flexibility index (Phi) is 4.94. The zero-order valence-electron chi connectivity index (χ0n) is 11.2. The van der Waals surface area contributed by atoms with E-state index in [2.05, 4.69) is 0 Å². The van der Waals surface area contributed by atoms with E-state index in [-0.39, 0.29) is 24.4 Å². The maximum Gasteiger partial charge on any atom is 0.239 e. The molecule has 6 heteroatoms. The highest BCUT2D eigenvalue weighted by atomic mass is 16.5. The number of ether oxygens (including phenoxy) is 1. The van der Waals surface area contributed by atoms with Crippen molar-refractivity contribution in [3.63, 3.8) is 0 Å². The van der Waals surface area contributed by atoms with Crippen molar-refractivity contribution in [2.24, 2.45) is 5.73 Å². The Morgan fingerprint density at radius 1 is 1.45 bits per heavy atom. The predicted molar refractivity (Wildman–Crippen MR) is 73.2 cm³/mol. The highest BCUT2D eigenvalue weighted by Crippen LogP contribution is 2.12. The normalized spacial score (nSPS) is 20.7. The van der Waals surface area contributed by atoms with Crippen molar-refractivity contribution < 1.29 is 19.7 Å². The summed E-state index contributed by atoms with van der Waals surface area (Å²) in [5.41, 5.74) is 6.85. The summed E-state index contributed by atoms with van der Waals surface area (Å²) in [7, 11) is 0. The van der Waals surface area contributed by atoms with Crippen LogP contribution in [0.4, 0.5) is 0 Å². The van der Waals surface area contributed by atoms with Gasteiger partial charge in [-0.05, 0) is 24.1 Å².